The zero-order valence-electron chi connectivity index (χ0n) is 21.5. The third-order valence-corrected chi connectivity index (χ3v) is 6.64. The number of benzene rings is 2. The summed E-state index contributed by atoms with van der Waals surface area (Å²) in [6, 6.07) is 11.5. The SMILES string of the molecule is CCOc1ccc(CCNC(=O)CN2C(=O)/C(=C\c3ccc(F)cc3)OC3CCCCC32)cc1OCC. The van der Waals surface area contributed by atoms with Crippen LogP contribution in [0.1, 0.15) is 50.7 Å². The maximum absolute atomic E-state index is 13.3. The van der Waals surface area contributed by atoms with Gasteiger partial charge in [-0.25, -0.2) is 4.39 Å². The molecule has 8 heteroatoms. The lowest BCUT2D eigenvalue weighted by molar-refractivity contribution is -0.151. The number of nitrogens with one attached hydrogen (secondary N) is 1. The fourth-order valence-electron chi connectivity index (χ4n) is 4.88. The number of amides is 2. The maximum Gasteiger partial charge on any atom is 0.289 e. The minimum atomic E-state index is -0.344. The Hall–Kier alpha value is -3.55. The highest BCUT2D eigenvalue weighted by molar-refractivity contribution is 5.98. The van der Waals surface area contributed by atoms with Gasteiger partial charge in [-0.15, -0.1) is 0 Å². The topological polar surface area (TPSA) is 77.1 Å². The van der Waals surface area contributed by atoms with Crippen molar-refractivity contribution in [2.45, 2.75) is 58.1 Å². The van der Waals surface area contributed by atoms with Crippen LogP contribution in [0.3, 0.4) is 0 Å². The van der Waals surface area contributed by atoms with Crippen LogP contribution in [0.25, 0.3) is 6.08 Å². The van der Waals surface area contributed by atoms with Gasteiger partial charge in [0, 0.05) is 6.54 Å². The van der Waals surface area contributed by atoms with E-state index in [0.29, 0.717) is 43.2 Å². The first-order chi connectivity index (χ1) is 18.0. The van der Waals surface area contributed by atoms with Gasteiger partial charge in [-0.05, 0) is 81.0 Å². The highest BCUT2D eigenvalue weighted by Crippen LogP contribution is 2.33. The van der Waals surface area contributed by atoms with Crippen LogP contribution in [0.15, 0.2) is 48.2 Å². The van der Waals surface area contributed by atoms with Crippen LogP contribution < -0.4 is 14.8 Å². The molecule has 2 aliphatic rings. The fourth-order valence-corrected chi connectivity index (χ4v) is 4.88. The summed E-state index contributed by atoms with van der Waals surface area (Å²) in [6.45, 7) is 5.34. The van der Waals surface area contributed by atoms with Gasteiger partial charge < -0.3 is 24.4 Å². The average Bonchev–Trinajstić information content (AvgIpc) is 2.89. The highest BCUT2D eigenvalue weighted by atomic mass is 19.1. The predicted molar refractivity (Wildman–Crippen MR) is 139 cm³/mol. The molecule has 2 aromatic carbocycles. The first-order valence-corrected chi connectivity index (χ1v) is 13.1. The second kappa shape index (κ2) is 12.6. The first-order valence-electron chi connectivity index (χ1n) is 13.1. The van der Waals surface area contributed by atoms with Crippen molar-refractivity contribution in [2.75, 3.05) is 26.3 Å². The Morgan fingerprint density at radius 3 is 2.57 bits per heavy atom. The molecule has 198 valence electrons. The molecular weight excluding hydrogens is 475 g/mol. The monoisotopic (exact) mass is 510 g/mol. The summed E-state index contributed by atoms with van der Waals surface area (Å²) in [5.74, 6) is 0.723. The Kier molecular flexibility index (Phi) is 9.04. The molecule has 0 aromatic heterocycles. The standard InChI is InChI=1S/C29H35FN2O5/c1-3-35-25-14-11-21(17-26(25)36-4-2)15-16-31-28(33)19-32-23-7-5-6-8-24(23)37-27(29(32)34)18-20-9-12-22(30)13-10-20/h9-14,17-18,23-24H,3-8,15-16,19H2,1-2H3,(H,31,33)/b27-18+. The van der Waals surface area contributed by atoms with Crippen molar-refractivity contribution in [1.82, 2.24) is 10.2 Å². The van der Waals surface area contributed by atoms with Crippen LogP contribution >= 0.6 is 0 Å². The zero-order chi connectivity index (χ0) is 26.2. The lowest BCUT2D eigenvalue weighted by atomic mass is 9.89. The number of morpholine rings is 1. The Bertz CT molecular complexity index is 1120. The molecule has 0 radical (unpaired) electrons. The lowest BCUT2D eigenvalue weighted by Gasteiger charge is -2.44. The average molecular weight is 511 g/mol. The van der Waals surface area contributed by atoms with Gasteiger partial charge in [0.2, 0.25) is 5.91 Å². The molecule has 37 heavy (non-hydrogen) atoms. The third kappa shape index (κ3) is 6.81. The highest BCUT2D eigenvalue weighted by Gasteiger charge is 2.42. The number of hydrogen-bond donors (Lipinski definition) is 1. The van der Waals surface area contributed by atoms with Gasteiger partial charge in [-0.2, -0.15) is 0 Å². The van der Waals surface area contributed by atoms with Crippen molar-refractivity contribution in [1.29, 1.82) is 0 Å². The summed E-state index contributed by atoms with van der Waals surface area (Å²) in [6.07, 6.45) is 5.75. The van der Waals surface area contributed by atoms with Gasteiger partial charge in [0.05, 0.1) is 19.3 Å². The number of halogens is 1. The van der Waals surface area contributed by atoms with E-state index in [1.165, 1.54) is 12.1 Å². The normalized spacial score (nSPS) is 20.2. The molecule has 1 saturated heterocycles. The van der Waals surface area contributed by atoms with Crippen molar-refractivity contribution in [2.24, 2.45) is 0 Å². The van der Waals surface area contributed by atoms with Gasteiger partial charge in [-0.3, -0.25) is 9.59 Å². The minimum Gasteiger partial charge on any atom is -0.490 e. The van der Waals surface area contributed by atoms with Crippen molar-refractivity contribution in [3.63, 3.8) is 0 Å². The van der Waals surface area contributed by atoms with E-state index < -0.39 is 0 Å². The predicted octanol–water partition coefficient (Wildman–Crippen LogP) is 4.49. The zero-order valence-corrected chi connectivity index (χ0v) is 21.5. The molecule has 1 heterocycles. The molecule has 2 aromatic rings. The summed E-state index contributed by atoms with van der Waals surface area (Å²) >= 11 is 0. The van der Waals surface area contributed by atoms with Gasteiger partial charge in [0.1, 0.15) is 18.5 Å². The van der Waals surface area contributed by atoms with E-state index in [-0.39, 0.29) is 42.1 Å². The largest absolute Gasteiger partial charge is 0.490 e. The van der Waals surface area contributed by atoms with Crippen LogP contribution in [0.5, 0.6) is 11.5 Å². The van der Waals surface area contributed by atoms with E-state index in [1.54, 1.807) is 23.1 Å². The van der Waals surface area contributed by atoms with Gasteiger partial charge >= 0.3 is 0 Å². The van der Waals surface area contributed by atoms with E-state index in [0.717, 1.165) is 31.2 Å². The third-order valence-electron chi connectivity index (χ3n) is 6.64. The quantitative estimate of drug-likeness (QED) is 0.477. The molecule has 2 unspecified atom stereocenters. The first kappa shape index (κ1) is 26.5. The fraction of sp³-hybridized carbons (Fsp3) is 0.448. The molecule has 2 amide bonds. The van der Waals surface area contributed by atoms with Crippen molar-refractivity contribution < 1.29 is 28.2 Å². The molecule has 1 N–H and O–H groups in total. The smallest absolute Gasteiger partial charge is 0.289 e. The molecule has 0 spiro atoms. The summed E-state index contributed by atoms with van der Waals surface area (Å²) < 4.78 is 30.7. The van der Waals surface area contributed by atoms with Crippen molar-refractivity contribution >= 4 is 17.9 Å². The number of rotatable bonds is 10. The van der Waals surface area contributed by atoms with E-state index in [2.05, 4.69) is 5.32 Å². The molecule has 4 rings (SSSR count). The van der Waals surface area contributed by atoms with E-state index in [1.807, 2.05) is 32.0 Å². The van der Waals surface area contributed by atoms with Crippen LogP contribution in [-0.2, 0) is 20.7 Å². The molecule has 0 bridgehead atoms. The van der Waals surface area contributed by atoms with E-state index in [9.17, 15) is 14.0 Å². The number of carbonyl (C=O) groups excluding carboxylic acids is 2. The second-order valence-corrected chi connectivity index (χ2v) is 9.25. The second-order valence-electron chi connectivity index (χ2n) is 9.25. The van der Waals surface area contributed by atoms with Crippen LogP contribution in [0, 0.1) is 5.82 Å². The summed E-state index contributed by atoms with van der Waals surface area (Å²) in [4.78, 5) is 27.8. The molecule has 1 saturated carbocycles. The van der Waals surface area contributed by atoms with E-state index in [4.69, 9.17) is 14.2 Å². The lowest BCUT2D eigenvalue weighted by Crippen LogP contribution is -2.57. The molecule has 7 nitrogen and oxygen atoms in total. The Balaban J connectivity index is 1.39. The number of ether oxygens (including phenoxy) is 3. The number of carbonyl (C=O) groups is 2. The van der Waals surface area contributed by atoms with Crippen LogP contribution in [0.4, 0.5) is 4.39 Å². The van der Waals surface area contributed by atoms with Crippen molar-refractivity contribution in [3.8, 4) is 11.5 Å². The van der Waals surface area contributed by atoms with Crippen molar-refractivity contribution in [3.05, 3.63) is 65.2 Å². The summed E-state index contributed by atoms with van der Waals surface area (Å²) in [5, 5.41) is 2.95. The molecule has 2 fully saturated rings. The minimum absolute atomic E-state index is 0.0302. The van der Waals surface area contributed by atoms with E-state index >= 15 is 0 Å². The van der Waals surface area contributed by atoms with Gasteiger partial charge in [0.15, 0.2) is 17.3 Å². The van der Waals surface area contributed by atoms with Crippen LogP contribution in [-0.4, -0.2) is 55.2 Å². The van der Waals surface area contributed by atoms with Gasteiger partial charge in [-0.1, -0.05) is 24.6 Å². The van der Waals surface area contributed by atoms with Crippen LogP contribution in [0.2, 0.25) is 0 Å². The summed E-state index contributed by atoms with van der Waals surface area (Å²) in [5.41, 5.74) is 1.69. The van der Waals surface area contributed by atoms with Gasteiger partial charge in [0.25, 0.3) is 5.91 Å². The number of hydrogen-bond acceptors (Lipinski definition) is 5. The Morgan fingerprint density at radius 1 is 1.08 bits per heavy atom. The Morgan fingerprint density at radius 2 is 1.81 bits per heavy atom. The molecule has 1 aliphatic heterocycles. The number of fused-ring (bicyclic) bond motifs is 1. The molecular formula is C29H35FN2O5. The Labute approximate surface area is 217 Å². The molecule has 1 aliphatic carbocycles. The summed E-state index contributed by atoms with van der Waals surface area (Å²) in [7, 11) is 0. The maximum atomic E-state index is 13.3. The molecule has 2 atom stereocenters. The number of nitrogens with zero attached hydrogens (tertiary/aromatic N) is 1.